The Balaban J connectivity index is 1.27. The fourth-order valence-corrected chi connectivity index (χ4v) is 4.50. The lowest BCUT2D eigenvalue weighted by Gasteiger charge is -2.15. The number of fused-ring (bicyclic) bond motifs is 1. The Labute approximate surface area is 196 Å². The number of hydrogen-bond acceptors (Lipinski definition) is 6. The predicted molar refractivity (Wildman–Crippen MR) is 128 cm³/mol. The van der Waals surface area contributed by atoms with Crippen molar-refractivity contribution in [3.8, 4) is 5.75 Å². The molecule has 0 aliphatic carbocycles. The predicted octanol–water partition coefficient (Wildman–Crippen LogP) is 3.51. The number of sulfonamides is 1. The van der Waals surface area contributed by atoms with Crippen molar-refractivity contribution in [2.45, 2.75) is 17.9 Å². The van der Waals surface area contributed by atoms with Gasteiger partial charge < -0.3 is 15.2 Å². The number of aliphatic hydroxyl groups excluding tert-OH is 1. The van der Waals surface area contributed by atoms with Crippen molar-refractivity contribution in [1.29, 1.82) is 0 Å². The Morgan fingerprint density at radius 2 is 1.91 bits per heavy atom. The van der Waals surface area contributed by atoms with Gasteiger partial charge in [-0.15, -0.1) is 0 Å². The van der Waals surface area contributed by atoms with E-state index in [9.17, 15) is 17.9 Å². The van der Waals surface area contributed by atoms with Crippen molar-refractivity contribution in [2.75, 3.05) is 24.4 Å². The van der Waals surface area contributed by atoms with Gasteiger partial charge in [0.25, 0.3) is 10.0 Å². The molecule has 0 aliphatic heterocycles. The Bertz CT molecular complexity index is 1370. The summed E-state index contributed by atoms with van der Waals surface area (Å²) in [5.74, 6) is 0.219. The highest BCUT2D eigenvalue weighted by molar-refractivity contribution is 7.92. The van der Waals surface area contributed by atoms with Crippen molar-refractivity contribution < 1.29 is 22.7 Å². The first-order valence-electron chi connectivity index (χ1n) is 10.7. The second-order valence-electron chi connectivity index (χ2n) is 7.77. The van der Waals surface area contributed by atoms with Crippen LogP contribution in [0.5, 0.6) is 5.75 Å². The summed E-state index contributed by atoms with van der Waals surface area (Å²) >= 11 is 0. The van der Waals surface area contributed by atoms with E-state index in [0.717, 1.165) is 34.5 Å². The molecule has 0 unspecified atom stereocenters. The fraction of sp³-hybridized carbons (Fsp3) is 0.208. The summed E-state index contributed by atoms with van der Waals surface area (Å²) in [6.07, 6.45) is -0.847. The van der Waals surface area contributed by atoms with E-state index in [2.05, 4.69) is 20.2 Å². The average molecular weight is 485 g/mol. The number of anilines is 1. The first-order valence-corrected chi connectivity index (χ1v) is 12.1. The molecule has 0 aliphatic rings. The van der Waals surface area contributed by atoms with Gasteiger partial charge in [-0.2, -0.15) is 5.10 Å². The number of aromatic amines is 1. The molecule has 1 atom stereocenters. The van der Waals surface area contributed by atoms with Crippen LogP contribution in [-0.2, 0) is 10.0 Å². The van der Waals surface area contributed by atoms with Crippen LogP contribution in [0.2, 0.25) is 0 Å². The molecule has 4 aromatic rings. The van der Waals surface area contributed by atoms with Crippen molar-refractivity contribution >= 4 is 26.6 Å². The SMILES string of the molecule is Cc1n[nH]c2ccc(OCCNC[C@H](O)c3cccc(NS(=O)(=O)c4ccc(F)cc4)c3)cc12. The zero-order valence-electron chi connectivity index (χ0n) is 18.5. The number of ether oxygens (including phenoxy) is 1. The maximum Gasteiger partial charge on any atom is 0.261 e. The first kappa shape index (κ1) is 23.7. The summed E-state index contributed by atoms with van der Waals surface area (Å²) in [6.45, 7) is 3.11. The van der Waals surface area contributed by atoms with E-state index in [1.54, 1.807) is 24.3 Å². The topological polar surface area (TPSA) is 116 Å². The van der Waals surface area contributed by atoms with Gasteiger partial charge in [-0.1, -0.05) is 12.1 Å². The number of halogens is 1. The highest BCUT2D eigenvalue weighted by Gasteiger charge is 2.15. The van der Waals surface area contributed by atoms with E-state index < -0.39 is 21.9 Å². The molecule has 0 radical (unpaired) electrons. The minimum Gasteiger partial charge on any atom is -0.492 e. The summed E-state index contributed by atoms with van der Waals surface area (Å²) < 4.78 is 46.3. The molecule has 0 bridgehead atoms. The van der Waals surface area contributed by atoms with Crippen molar-refractivity contribution in [1.82, 2.24) is 15.5 Å². The first-order chi connectivity index (χ1) is 16.3. The van der Waals surface area contributed by atoms with Gasteiger partial charge in [0, 0.05) is 24.2 Å². The van der Waals surface area contributed by atoms with Gasteiger partial charge in [0.1, 0.15) is 18.2 Å². The summed E-state index contributed by atoms with van der Waals surface area (Å²) in [6, 6.07) is 16.8. The second-order valence-corrected chi connectivity index (χ2v) is 9.45. The Hall–Kier alpha value is -3.47. The summed E-state index contributed by atoms with van der Waals surface area (Å²) in [5, 5.41) is 21.8. The van der Waals surface area contributed by atoms with Crippen molar-refractivity contribution in [2.24, 2.45) is 0 Å². The van der Waals surface area contributed by atoms with Gasteiger partial charge in [0.2, 0.25) is 0 Å². The third kappa shape index (κ3) is 5.71. The summed E-state index contributed by atoms with van der Waals surface area (Å²) in [7, 11) is -3.87. The van der Waals surface area contributed by atoms with E-state index in [-0.39, 0.29) is 11.4 Å². The van der Waals surface area contributed by atoms with E-state index in [1.165, 1.54) is 12.1 Å². The number of aliphatic hydroxyl groups is 1. The number of nitrogens with zero attached hydrogens (tertiary/aromatic N) is 1. The van der Waals surface area contributed by atoms with Crippen LogP contribution in [0.25, 0.3) is 10.9 Å². The molecule has 1 aromatic heterocycles. The Morgan fingerprint density at radius 3 is 2.71 bits per heavy atom. The minimum absolute atomic E-state index is 0.0522. The van der Waals surface area contributed by atoms with Gasteiger partial charge in [-0.3, -0.25) is 9.82 Å². The minimum atomic E-state index is -3.87. The summed E-state index contributed by atoms with van der Waals surface area (Å²) in [5.41, 5.74) is 2.71. The van der Waals surface area contributed by atoms with Gasteiger partial charge in [-0.05, 0) is 67.1 Å². The number of nitrogens with one attached hydrogen (secondary N) is 3. The Morgan fingerprint density at radius 1 is 1.12 bits per heavy atom. The Kier molecular flexibility index (Phi) is 7.11. The molecule has 4 rings (SSSR count). The van der Waals surface area contributed by atoms with Crippen LogP contribution >= 0.6 is 0 Å². The lowest BCUT2D eigenvalue weighted by atomic mass is 10.1. The van der Waals surface area contributed by atoms with Crippen molar-refractivity contribution in [3.05, 3.63) is 83.8 Å². The van der Waals surface area contributed by atoms with Crippen LogP contribution in [0.15, 0.2) is 71.6 Å². The number of rotatable bonds is 10. The normalized spacial score (nSPS) is 12.6. The number of hydrogen-bond donors (Lipinski definition) is 4. The van der Waals surface area contributed by atoms with Crippen LogP contribution in [0.1, 0.15) is 17.4 Å². The van der Waals surface area contributed by atoms with E-state index in [4.69, 9.17) is 4.74 Å². The maximum absolute atomic E-state index is 13.1. The van der Waals surface area contributed by atoms with E-state index >= 15 is 0 Å². The molecule has 0 fully saturated rings. The van der Waals surface area contributed by atoms with E-state index in [1.807, 2.05) is 25.1 Å². The number of aryl methyl sites for hydroxylation is 1. The lowest BCUT2D eigenvalue weighted by Crippen LogP contribution is -2.26. The van der Waals surface area contributed by atoms with Gasteiger partial charge in [0.15, 0.2) is 0 Å². The molecule has 8 nitrogen and oxygen atoms in total. The smallest absolute Gasteiger partial charge is 0.261 e. The maximum atomic E-state index is 13.1. The van der Waals surface area contributed by atoms with Crippen LogP contribution in [-0.4, -0.2) is 43.4 Å². The summed E-state index contributed by atoms with van der Waals surface area (Å²) in [4.78, 5) is -0.0522. The molecule has 0 saturated heterocycles. The highest BCUT2D eigenvalue weighted by Crippen LogP contribution is 2.22. The largest absolute Gasteiger partial charge is 0.492 e. The molecule has 34 heavy (non-hydrogen) atoms. The van der Waals surface area contributed by atoms with Crippen LogP contribution in [0.4, 0.5) is 10.1 Å². The fourth-order valence-electron chi connectivity index (χ4n) is 3.45. The van der Waals surface area contributed by atoms with Crippen LogP contribution in [0.3, 0.4) is 0 Å². The van der Waals surface area contributed by atoms with Gasteiger partial charge in [-0.25, -0.2) is 12.8 Å². The highest BCUT2D eigenvalue weighted by atomic mass is 32.2. The third-order valence-corrected chi connectivity index (χ3v) is 6.65. The average Bonchev–Trinajstić information content (AvgIpc) is 3.19. The lowest BCUT2D eigenvalue weighted by molar-refractivity contribution is 0.172. The molecule has 4 N–H and O–H groups in total. The molecule has 1 heterocycles. The molecule has 3 aromatic carbocycles. The molecular weight excluding hydrogens is 459 g/mol. The standard InChI is InChI=1S/C24H25FN4O4S/c1-16-22-14-20(7-10-23(22)28-27-16)33-12-11-26-15-24(30)17-3-2-4-19(13-17)29-34(31,32)21-8-5-18(25)6-9-21/h2-10,13-14,24,26,29-30H,11-12,15H2,1H3,(H,27,28)/t24-/m0/s1. The molecule has 0 saturated carbocycles. The number of benzene rings is 3. The van der Waals surface area contributed by atoms with E-state index in [0.29, 0.717) is 24.4 Å². The number of H-pyrrole nitrogens is 1. The monoisotopic (exact) mass is 484 g/mol. The molecule has 178 valence electrons. The van der Waals surface area contributed by atoms with Crippen LogP contribution < -0.4 is 14.8 Å². The zero-order chi connectivity index (χ0) is 24.1. The van der Waals surface area contributed by atoms with Crippen LogP contribution in [0, 0.1) is 12.7 Å². The van der Waals surface area contributed by atoms with Gasteiger partial charge in [0.05, 0.1) is 22.2 Å². The third-order valence-electron chi connectivity index (χ3n) is 5.26. The zero-order valence-corrected chi connectivity index (χ0v) is 19.3. The molecular formula is C24H25FN4O4S. The van der Waals surface area contributed by atoms with Crippen molar-refractivity contribution in [3.63, 3.8) is 0 Å². The molecule has 0 amide bonds. The molecule has 0 spiro atoms. The number of aromatic nitrogens is 2. The van der Waals surface area contributed by atoms with Gasteiger partial charge >= 0.3 is 0 Å². The second kappa shape index (κ2) is 10.2. The quantitative estimate of drug-likeness (QED) is 0.256. The molecule has 10 heteroatoms.